The number of likely N-dealkylation sites (tertiary alicyclic amines) is 1. The van der Waals surface area contributed by atoms with Crippen molar-refractivity contribution in [3.05, 3.63) is 16.1 Å². The molecule has 1 aromatic rings. The van der Waals surface area contributed by atoms with Crippen molar-refractivity contribution in [3.63, 3.8) is 0 Å². The van der Waals surface area contributed by atoms with Gasteiger partial charge in [0.05, 0.1) is 17.1 Å². The fraction of sp³-hybridized carbons (Fsp3) is 0.750. The summed E-state index contributed by atoms with van der Waals surface area (Å²) in [5, 5.41) is 3.12. The van der Waals surface area contributed by atoms with Gasteiger partial charge < -0.3 is 10.6 Å². The summed E-state index contributed by atoms with van der Waals surface area (Å²) in [4.78, 5) is 18.9. The highest BCUT2D eigenvalue weighted by molar-refractivity contribution is 7.09. The Hall–Kier alpha value is -0.360. The first kappa shape index (κ1) is 22.6. The molecule has 0 spiro atoms. The number of amides is 1. The Morgan fingerprint density at radius 2 is 1.96 bits per heavy atom. The number of rotatable bonds is 3. The lowest BCUT2D eigenvalue weighted by Crippen LogP contribution is -2.43. The van der Waals surface area contributed by atoms with E-state index in [1.807, 2.05) is 10.3 Å². The van der Waals surface area contributed by atoms with Gasteiger partial charge in [0.15, 0.2) is 0 Å². The molecule has 0 bridgehead atoms. The SMILES string of the molecule is CC(N)C1CCN(C(=O)Cc2csc(C(C)(C)C)n2)CC1.Cl.Cl. The van der Waals surface area contributed by atoms with Gasteiger partial charge >= 0.3 is 0 Å². The minimum absolute atomic E-state index is 0. The van der Waals surface area contributed by atoms with Gasteiger partial charge in [0.1, 0.15) is 0 Å². The van der Waals surface area contributed by atoms with Crippen LogP contribution in [0.25, 0.3) is 0 Å². The number of nitrogens with zero attached hydrogens (tertiary/aromatic N) is 2. The minimum atomic E-state index is 0. The van der Waals surface area contributed by atoms with Gasteiger partial charge in [-0.15, -0.1) is 36.2 Å². The first-order valence-corrected chi connectivity index (χ1v) is 8.63. The topological polar surface area (TPSA) is 59.2 Å². The summed E-state index contributed by atoms with van der Waals surface area (Å²) < 4.78 is 0. The van der Waals surface area contributed by atoms with Gasteiger partial charge in [-0.05, 0) is 25.7 Å². The molecule has 1 aromatic heterocycles. The summed E-state index contributed by atoms with van der Waals surface area (Å²) in [6, 6.07) is 0.232. The zero-order valence-corrected chi connectivity index (χ0v) is 16.8. The molecule has 0 radical (unpaired) electrons. The third-order valence-electron chi connectivity index (χ3n) is 4.16. The van der Waals surface area contributed by atoms with E-state index in [4.69, 9.17) is 5.73 Å². The lowest BCUT2D eigenvalue weighted by Gasteiger charge is -2.33. The average molecular weight is 382 g/mol. The van der Waals surface area contributed by atoms with Crippen molar-refractivity contribution >= 4 is 42.1 Å². The van der Waals surface area contributed by atoms with Gasteiger partial charge in [0.2, 0.25) is 5.91 Å². The van der Waals surface area contributed by atoms with Crippen molar-refractivity contribution in [2.45, 2.75) is 58.4 Å². The van der Waals surface area contributed by atoms with Crippen LogP contribution in [0.1, 0.15) is 51.2 Å². The van der Waals surface area contributed by atoms with E-state index in [1.54, 1.807) is 11.3 Å². The summed E-state index contributed by atoms with van der Waals surface area (Å²) in [5.41, 5.74) is 6.91. The largest absolute Gasteiger partial charge is 0.342 e. The van der Waals surface area contributed by atoms with Crippen LogP contribution in [0.4, 0.5) is 0 Å². The van der Waals surface area contributed by atoms with Gasteiger partial charge in [-0.25, -0.2) is 4.98 Å². The van der Waals surface area contributed by atoms with Crippen LogP contribution < -0.4 is 5.73 Å². The molecule has 1 saturated heterocycles. The van der Waals surface area contributed by atoms with E-state index in [1.165, 1.54) is 0 Å². The number of nitrogens with two attached hydrogens (primary N) is 1. The van der Waals surface area contributed by atoms with Crippen molar-refractivity contribution in [2.75, 3.05) is 13.1 Å². The fourth-order valence-electron chi connectivity index (χ4n) is 2.67. The number of piperidine rings is 1. The Labute approximate surface area is 156 Å². The molecule has 23 heavy (non-hydrogen) atoms. The Morgan fingerprint density at radius 1 is 1.39 bits per heavy atom. The molecule has 1 atom stereocenters. The first-order valence-electron chi connectivity index (χ1n) is 7.75. The van der Waals surface area contributed by atoms with Crippen molar-refractivity contribution in [1.82, 2.24) is 9.88 Å². The molecule has 134 valence electrons. The third-order valence-corrected chi connectivity index (χ3v) is 5.48. The molecule has 0 aliphatic carbocycles. The minimum Gasteiger partial charge on any atom is -0.342 e. The number of carbonyl (C=O) groups is 1. The van der Waals surface area contributed by atoms with Gasteiger partial charge in [0, 0.05) is 29.9 Å². The summed E-state index contributed by atoms with van der Waals surface area (Å²) >= 11 is 1.65. The van der Waals surface area contributed by atoms with Crippen molar-refractivity contribution in [3.8, 4) is 0 Å². The first-order chi connectivity index (χ1) is 9.77. The van der Waals surface area contributed by atoms with E-state index in [0.29, 0.717) is 12.3 Å². The lowest BCUT2D eigenvalue weighted by molar-refractivity contribution is -0.132. The number of carbonyl (C=O) groups excluding carboxylic acids is 1. The number of hydrogen-bond donors (Lipinski definition) is 1. The third kappa shape index (κ3) is 6.22. The van der Waals surface area contributed by atoms with Crippen molar-refractivity contribution < 1.29 is 4.79 Å². The van der Waals surface area contributed by atoms with E-state index < -0.39 is 0 Å². The lowest BCUT2D eigenvalue weighted by atomic mass is 9.91. The van der Waals surface area contributed by atoms with Gasteiger partial charge in [-0.2, -0.15) is 0 Å². The highest BCUT2D eigenvalue weighted by Crippen LogP contribution is 2.26. The second-order valence-corrected chi connectivity index (χ2v) is 8.01. The Balaban J connectivity index is 0.00000242. The van der Waals surface area contributed by atoms with E-state index >= 15 is 0 Å². The van der Waals surface area contributed by atoms with Gasteiger partial charge in [-0.3, -0.25) is 4.79 Å². The number of aromatic nitrogens is 1. The quantitative estimate of drug-likeness (QED) is 0.872. The molecule has 1 aliphatic heterocycles. The predicted molar refractivity (Wildman–Crippen MR) is 102 cm³/mol. The monoisotopic (exact) mass is 381 g/mol. The Kier molecular flexibility index (Phi) is 9.06. The van der Waals surface area contributed by atoms with E-state index in [-0.39, 0.29) is 42.2 Å². The predicted octanol–water partition coefficient (Wildman–Crippen LogP) is 3.41. The van der Waals surface area contributed by atoms with Crippen molar-refractivity contribution in [1.29, 1.82) is 0 Å². The van der Waals surface area contributed by atoms with Crippen LogP contribution in [-0.2, 0) is 16.6 Å². The van der Waals surface area contributed by atoms with Gasteiger partial charge in [0.25, 0.3) is 0 Å². The van der Waals surface area contributed by atoms with Crippen molar-refractivity contribution in [2.24, 2.45) is 11.7 Å². The average Bonchev–Trinajstić information content (AvgIpc) is 2.87. The molecule has 0 aromatic carbocycles. The zero-order chi connectivity index (χ0) is 15.6. The Morgan fingerprint density at radius 3 is 2.39 bits per heavy atom. The van der Waals surface area contributed by atoms with Crippen LogP contribution in [-0.4, -0.2) is 34.9 Å². The summed E-state index contributed by atoms with van der Waals surface area (Å²) in [6.07, 6.45) is 2.47. The molecular weight excluding hydrogens is 353 g/mol. The van der Waals surface area contributed by atoms with Crippen LogP contribution in [0.3, 0.4) is 0 Å². The summed E-state index contributed by atoms with van der Waals surface area (Å²) in [5.74, 6) is 0.754. The maximum Gasteiger partial charge on any atom is 0.228 e. The fourth-order valence-corrected chi connectivity index (χ4v) is 3.58. The van der Waals surface area contributed by atoms with Crippen LogP contribution in [0, 0.1) is 5.92 Å². The zero-order valence-electron chi connectivity index (χ0n) is 14.4. The molecule has 0 saturated carbocycles. The highest BCUT2D eigenvalue weighted by atomic mass is 35.5. The molecule has 1 amide bonds. The second-order valence-electron chi connectivity index (χ2n) is 7.15. The van der Waals surface area contributed by atoms with Crippen LogP contribution >= 0.6 is 36.2 Å². The van der Waals surface area contributed by atoms with E-state index in [2.05, 4.69) is 32.7 Å². The van der Waals surface area contributed by atoms with Crippen LogP contribution in [0.2, 0.25) is 0 Å². The summed E-state index contributed by atoms with van der Waals surface area (Å²) in [6.45, 7) is 10.2. The van der Waals surface area contributed by atoms with E-state index in [9.17, 15) is 4.79 Å². The molecule has 4 nitrogen and oxygen atoms in total. The van der Waals surface area contributed by atoms with Crippen LogP contribution in [0.5, 0.6) is 0 Å². The molecule has 7 heteroatoms. The maximum absolute atomic E-state index is 12.4. The Bertz CT molecular complexity index is 492. The maximum atomic E-state index is 12.4. The standard InChI is InChI=1S/C16H27N3OS.2ClH/c1-11(17)12-5-7-19(8-6-12)14(20)9-13-10-21-15(18-13)16(2,3)4;;/h10-12H,5-9,17H2,1-4H3;2*1H. The molecular formula is C16H29Cl2N3OS. The molecule has 1 aliphatic rings. The second kappa shape index (κ2) is 9.21. The number of thiazole rings is 1. The molecule has 2 heterocycles. The molecule has 1 fully saturated rings. The number of hydrogen-bond acceptors (Lipinski definition) is 4. The molecule has 2 N–H and O–H groups in total. The van der Waals surface area contributed by atoms with Gasteiger partial charge in [-0.1, -0.05) is 20.8 Å². The molecule has 1 unspecified atom stereocenters. The number of halogens is 2. The van der Waals surface area contributed by atoms with E-state index in [0.717, 1.165) is 36.6 Å². The highest BCUT2D eigenvalue weighted by Gasteiger charge is 2.25. The normalized spacial score (nSPS) is 17.2. The summed E-state index contributed by atoms with van der Waals surface area (Å²) in [7, 11) is 0. The van der Waals surface area contributed by atoms with Crippen LogP contribution in [0.15, 0.2) is 5.38 Å². The molecule has 2 rings (SSSR count). The smallest absolute Gasteiger partial charge is 0.228 e.